The van der Waals surface area contributed by atoms with E-state index in [4.69, 9.17) is 11.6 Å². The van der Waals surface area contributed by atoms with E-state index in [-0.39, 0.29) is 17.4 Å². The third-order valence-electron chi connectivity index (χ3n) is 3.54. The molecule has 0 unspecified atom stereocenters. The highest BCUT2D eigenvalue weighted by Crippen LogP contribution is 2.32. The van der Waals surface area contributed by atoms with Crippen LogP contribution in [0.4, 0.5) is 15.8 Å². The largest absolute Gasteiger partial charge is 0.375 e. The third kappa shape index (κ3) is 2.87. The second kappa shape index (κ2) is 5.93. The summed E-state index contributed by atoms with van der Waals surface area (Å²) in [5.41, 5.74) is 2.17. The Balaban J connectivity index is 1.95. The number of amides is 1. The van der Waals surface area contributed by atoms with E-state index >= 15 is 0 Å². The third-order valence-corrected chi connectivity index (χ3v) is 3.84. The number of carbonyl (C=O) groups excluding carboxylic acids is 1. The fourth-order valence-corrected chi connectivity index (χ4v) is 2.84. The van der Waals surface area contributed by atoms with Crippen LogP contribution in [0.3, 0.4) is 0 Å². The highest BCUT2D eigenvalue weighted by atomic mass is 35.5. The van der Waals surface area contributed by atoms with E-state index in [0.29, 0.717) is 27.3 Å². The summed E-state index contributed by atoms with van der Waals surface area (Å²) < 4.78 is 13.7. The van der Waals surface area contributed by atoms with Gasteiger partial charge in [-0.25, -0.2) is 4.39 Å². The van der Waals surface area contributed by atoms with Gasteiger partial charge in [-0.2, -0.15) is 0 Å². The quantitative estimate of drug-likeness (QED) is 0.752. The van der Waals surface area contributed by atoms with Gasteiger partial charge in [0.1, 0.15) is 11.5 Å². The summed E-state index contributed by atoms with van der Waals surface area (Å²) in [5.74, 6) is -0.722. The van der Waals surface area contributed by atoms with Gasteiger partial charge in [-0.3, -0.25) is 4.79 Å². The van der Waals surface area contributed by atoms with Crippen molar-refractivity contribution < 1.29 is 9.18 Å². The minimum atomic E-state index is -0.366. The molecule has 1 heterocycles. The van der Waals surface area contributed by atoms with Crippen molar-refractivity contribution in [2.45, 2.75) is 0 Å². The zero-order valence-corrected chi connectivity index (χ0v) is 13.4. The van der Waals surface area contributed by atoms with Crippen LogP contribution >= 0.6 is 11.6 Å². The molecule has 4 nitrogen and oxygen atoms in total. The van der Waals surface area contributed by atoms with Gasteiger partial charge < -0.3 is 15.2 Å². The van der Waals surface area contributed by atoms with Gasteiger partial charge in [0.25, 0.3) is 5.91 Å². The highest BCUT2D eigenvalue weighted by molar-refractivity contribution is 6.34. The molecule has 1 amide bonds. The molecule has 3 rings (SSSR count). The van der Waals surface area contributed by atoms with Gasteiger partial charge in [-0.05, 0) is 30.3 Å². The van der Waals surface area contributed by atoms with E-state index in [2.05, 4.69) is 10.3 Å². The number of halogens is 2. The second-order valence-corrected chi connectivity index (χ2v) is 5.78. The van der Waals surface area contributed by atoms with Crippen LogP contribution in [-0.4, -0.2) is 25.0 Å². The number of nitrogens with one attached hydrogen (secondary N) is 2. The molecule has 0 spiro atoms. The molecule has 0 radical (unpaired) electrons. The van der Waals surface area contributed by atoms with Crippen LogP contribution in [0.2, 0.25) is 5.02 Å². The normalized spacial score (nSPS) is 10.8. The maximum Gasteiger partial charge on any atom is 0.272 e. The number of rotatable bonds is 3. The first kappa shape index (κ1) is 15.4. The Morgan fingerprint density at radius 1 is 1.22 bits per heavy atom. The first-order valence-corrected chi connectivity index (χ1v) is 7.39. The van der Waals surface area contributed by atoms with E-state index in [9.17, 15) is 9.18 Å². The van der Waals surface area contributed by atoms with Gasteiger partial charge in [-0.1, -0.05) is 23.7 Å². The molecular weight excluding hydrogens is 317 g/mol. The SMILES string of the molecule is CN(C)c1c(Cl)cccc1NC(=O)c1cc2c(F)cccc2[nH]1. The summed E-state index contributed by atoms with van der Waals surface area (Å²) in [6.07, 6.45) is 0. The first-order chi connectivity index (χ1) is 11.0. The Morgan fingerprint density at radius 3 is 2.65 bits per heavy atom. The molecule has 1 aromatic heterocycles. The van der Waals surface area contributed by atoms with Crippen molar-refractivity contribution in [1.29, 1.82) is 0 Å². The van der Waals surface area contributed by atoms with Crippen molar-refractivity contribution in [2.24, 2.45) is 0 Å². The van der Waals surface area contributed by atoms with Crippen LogP contribution in [0.1, 0.15) is 10.5 Å². The number of hydrogen-bond acceptors (Lipinski definition) is 2. The average Bonchev–Trinajstić information content (AvgIpc) is 2.92. The predicted molar refractivity (Wildman–Crippen MR) is 92.0 cm³/mol. The van der Waals surface area contributed by atoms with E-state index in [1.807, 2.05) is 19.0 Å². The minimum absolute atomic E-state index is 0.287. The maximum absolute atomic E-state index is 13.7. The number of H-pyrrole nitrogens is 1. The molecule has 0 saturated carbocycles. The summed E-state index contributed by atoms with van der Waals surface area (Å²) in [7, 11) is 3.68. The second-order valence-electron chi connectivity index (χ2n) is 5.37. The van der Waals surface area contributed by atoms with Crippen molar-refractivity contribution in [1.82, 2.24) is 4.98 Å². The molecule has 23 heavy (non-hydrogen) atoms. The highest BCUT2D eigenvalue weighted by Gasteiger charge is 2.15. The fourth-order valence-electron chi connectivity index (χ4n) is 2.50. The number of aromatic amines is 1. The van der Waals surface area contributed by atoms with Crippen molar-refractivity contribution in [3.8, 4) is 0 Å². The van der Waals surface area contributed by atoms with Crippen LogP contribution in [-0.2, 0) is 0 Å². The minimum Gasteiger partial charge on any atom is -0.375 e. The monoisotopic (exact) mass is 331 g/mol. The fraction of sp³-hybridized carbons (Fsp3) is 0.118. The predicted octanol–water partition coefficient (Wildman–Crippen LogP) is 4.28. The van der Waals surface area contributed by atoms with Gasteiger partial charge in [0.15, 0.2) is 0 Å². The average molecular weight is 332 g/mol. The molecule has 0 aliphatic carbocycles. The number of hydrogen-bond donors (Lipinski definition) is 2. The lowest BCUT2D eigenvalue weighted by atomic mass is 10.2. The number of para-hydroxylation sites is 1. The summed E-state index contributed by atoms with van der Waals surface area (Å²) in [6.45, 7) is 0. The van der Waals surface area contributed by atoms with E-state index in [1.165, 1.54) is 12.1 Å². The first-order valence-electron chi connectivity index (χ1n) is 7.02. The maximum atomic E-state index is 13.7. The lowest BCUT2D eigenvalue weighted by Gasteiger charge is -2.19. The van der Waals surface area contributed by atoms with Crippen molar-refractivity contribution in [3.05, 3.63) is 59.0 Å². The van der Waals surface area contributed by atoms with Crippen LogP contribution in [0.25, 0.3) is 10.9 Å². The molecule has 0 fully saturated rings. The van der Waals surface area contributed by atoms with Crippen LogP contribution in [0.15, 0.2) is 42.5 Å². The Labute approximate surface area is 137 Å². The Hall–Kier alpha value is -2.53. The summed E-state index contributed by atoms with van der Waals surface area (Å²) >= 11 is 6.19. The van der Waals surface area contributed by atoms with Crippen LogP contribution < -0.4 is 10.2 Å². The van der Waals surface area contributed by atoms with Crippen LogP contribution in [0.5, 0.6) is 0 Å². The van der Waals surface area contributed by atoms with Gasteiger partial charge >= 0.3 is 0 Å². The lowest BCUT2D eigenvalue weighted by molar-refractivity contribution is 0.102. The number of aromatic nitrogens is 1. The zero-order valence-electron chi connectivity index (χ0n) is 12.7. The molecule has 0 saturated heterocycles. The number of fused-ring (bicyclic) bond motifs is 1. The van der Waals surface area contributed by atoms with E-state index < -0.39 is 0 Å². The van der Waals surface area contributed by atoms with E-state index in [1.54, 1.807) is 30.3 Å². The van der Waals surface area contributed by atoms with Gasteiger partial charge in [0.2, 0.25) is 0 Å². The standard InChI is InChI=1S/C17H15ClFN3O/c1-22(2)16-11(18)5-3-8-14(16)21-17(23)15-9-10-12(19)6-4-7-13(10)20-15/h3-9,20H,1-2H3,(H,21,23). The van der Waals surface area contributed by atoms with Crippen molar-refractivity contribution in [3.63, 3.8) is 0 Å². The molecular formula is C17H15ClFN3O. The molecule has 118 valence electrons. The Morgan fingerprint density at radius 2 is 1.96 bits per heavy atom. The van der Waals surface area contributed by atoms with Gasteiger partial charge in [0, 0.05) is 25.0 Å². The molecule has 0 bridgehead atoms. The number of carbonyl (C=O) groups is 1. The van der Waals surface area contributed by atoms with Gasteiger partial charge in [0.05, 0.1) is 16.4 Å². The molecule has 6 heteroatoms. The molecule has 0 aliphatic rings. The smallest absolute Gasteiger partial charge is 0.272 e. The molecule has 2 aromatic carbocycles. The summed E-state index contributed by atoms with van der Waals surface area (Å²) in [4.78, 5) is 17.2. The number of benzene rings is 2. The molecule has 3 aromatic rings. The van der Waals surface area contributed by atoms with Crippen molar-refractivity contribution >= 4 is 39.8 Å². The molecule has 0 atom stereocenters. The number of nitrogens with zero attached hydrogens (tertiary/aromatic N) is 1. The zero-order chi connectivity index (χ0) is 16.6. The Kier molecular flexibility index (Phi) is 3.96. The van der Waals surface area contributed by atoms with Crippen molar-refractivity contribution in [2.75, 3.05) is 24.3 Å². The van der Waals surface area contributed by atoms with Gasteiger partial charge in [-0.15, -0.1) is 0 Å². The summed E-state index contributed by atoms with van der Waals surface area (Å²) in [5, 5.41) is 3.73. The van der Waals surface area contributed by atoms with E-state index in [0.717, 1.165) is 0 Å². The number of anilines is 2. The molecule has 2 N–H and O–H groups in total. The lowest BCUT2D eigenvalue weighted by Crippen LogP contribution is -2.17. The molecule has 0 aliphatic heterocycles. The Bertz CT molecular complexity index is 889. The summed E-state index contributed by atoms with van der Waals surface area (Å²) in [6, 6.07) is 11.5. The van der Waals surface area contributed by atoms with Crippen LogP contribution in [0, 0.1) is 5.82 Å². The topological polar surface area (TPSA) is 48.1 Å².